The first-order chi connectivity index (χ1) is 20.4. The third-order valence-corrected chi connectivity index (χ3v) is 12.8. The number of carbonyl (C=O) groups excluding carboxylic acids is 1. The van der Waals surface area contributed by atoms with E-state index in [1.807, 2.05) is 74.5 Å². The van der Waals surface area contributed by atoms with Crippen molar-refractivity contribution in [3.63, 3.8) is 0 Å². The Morgan fingerprint density at radius 2 is 1.53 bits per heavy atom. The van der Waals surface area contributed by atoms with Crippen LogP contribution < -0.4 is 15.3 Å². The SMILES string of the molecule is CCOC(=O)C(N=O)c1cc(CO[Si](c2ccccc2)(c2ccccc2)C(C)(C)C)c(N2CC(C)OC(C)C2)c(F)c1F. The van der Waals surface area contributed by atoms with Gasteiger partial charge in [-0.05, 0) is 47.4 Å². The summed E-state index contributed by atoms with van der Waals surface area (Å²) in [5, 5.41) is 4.49. The van der Waals surface area contributed by atoms with Gasteiger partial charge >= 0.3 is 5.97 Å². The van der Waals surface area contributed by atoms with Crippen LogP contribution in [0, 0.1) is 16.5 Å². The number of benzene rings is 3. The van der Waals surface area contributed by atoms with Crippen LogP contribution in [-0.4, -0.2) is 46.2 Å². The molecule has 0 aromatic heterocycles. The lowest BCUT2D eigenvalue weighted by molar-refractivity contribution is -0.144. The molecule has 230 valence electrons. The van der Waals surface area contributed by atoms with Crippen LogP contribution in [0.3, 0.4) is 0 Å². The largest absolute Gasteiger partial charge is 0.464 e. The second-order valence-electron chi connectivity index (χ2n) is 12.0. The first kappa shape index (κ1) is 32.4. The van der Waals surface area contributed by atoms with Crippen LogP contribution in [0.5, 0.6) is 0 Å². The Kier molecular flexibility index (Phi) is 10.1. The van der Waals surface area contributed by atoms with E-state index in [1.54, 1.807) is 11.8 Å². The summed E-state index contributed by atoms with van der Waals surface area (Å²) in [4.78, 5) is 26.1. The molecule has 0 N–H and O–H groups in total. The molecule has 1 fully saturated rings. The summed E-state index contributed by atoms with van der Waals surface area (Å²) in [7, 11) is -3.09. The van der Waals surface area contributed by atoms with Gasteiger partial charge in [0.1, 0.15) is 0 Å². The van der Waals surface area contributed by atoms with Gasteiger partial charge in [0.25, 0.3) is 8.32 Å². The predicted molar refractivity (Wildman–Crippen MR) is 166 cm³/mol. The Morgan fingerprint density at radius 1 is 1.00 bits per heavy atom. The van der Waals surface area contributed by atoms with Gasteiger partial charge in [-0.2, -0.15) is 0 Å². The van der Waals surface area contributed by atoms with Crippen molar-refractivity contribution in [2.24, 2.45) is 5.18 Å². The third-order valence-electron chi connectivity index (χ3n) is 7.79. The summed E-state index contributed by atoms with van der Waals surface area (Å²) in [5.41, 5.74) is -0.152. The van der Waals surface area contributed by atoms with Gasteiger partial charge in [-0.3, -0.25) is 0 Å². The van der Waals surface area contributed by atoms with Gasteiger partial charge in [-0.1, -0.05) is 81.4 Å². The Hall–Kier alpha value is -3.47. The first-order valence-corrected chi connectivity index (χ1v) is 16.5. The number of rotatable bonds is 10. The fourth-order valence-electron chi connectivity index (χ4n) is 6.10. The van der Waals surface area contributed by atoms with Crippen LogP contribution in [0.25, 0.3) is 0 Å². The molecule has 3 aromatic carbocycles. The Bertz CT molecular complexity index is 1370. The van der Waals surface area contributed by atoms with Gasteiger partial charge in [0.2, 0.25) is 6.04 Å². The van der Waals surface area contributed by atoms with Crippen molar-refractivity contribution < 1.29 is 27.5 Å². The van der Waals surface area contributed by atoms with Crippen molar-refractivity contribution in [2.75, 3.05) is 24.6 Å². The number of halogens is 2. The summed E-state index contributed by atoms with van der Waals surface area (Å²) in [6, 6.07) is 19.4. The topological polar surface area (TPSA) is 77.4 Å². The molecule has 1 heterocycles. The molecule has 10 heteroatoms. The molecular formula is C33H40F2N2O5Si. The highest BCUT2D eigenvalue weighted by molar-refractivity contribution is 6.99. The molecule has 0 saturated carbocycles. The standard InChI is InChI=1S/C33H40F2N2O5Si/c1-7-40-32(38)30(36-39)27-18-24(31(29(35)28(27)34)37-19-22(2)42-23(3)20-37)21-41-43(33(4,5)6,25-14-10-8-11-15-25)26-16-12-9-13-17-26/h8-18,22-23,30H,7,19-21H2,1-6H3. The Labute approximate surface area is 253 Å². The second-order valence-corrected chi connectivity index (χ2v) is 16.3. The van der Waals surface area contributed by atoms with Gasteiger partial charge in [0.15, 0.2) is 11.6 Å². The summed E-state index contributed by atoms with van der Waals surface area (Å²) in [5.74, 6) is -3.53. The van der Waals surface area contributed by atoms with Crippen LogP contribution in [0.4, 0.5) is 14.5 Å². The highest BCUT2D eigenvalue weighted by atomic mass is 28.4. The molecule has 0 aliphatic carbocycles. The average molecular weight is 611 g/mol. The minimum Gasteiger partial charge on any atom is -0.464 e. The molecule has 0 radical (unpaired) electrons. The highest BCUT2D eigenvalue weighted by Crippen LogP contribution is 2.40. The minimum absolute atomic E-state index is 0.0229. The quantitative estimate of drug-likeness (QED) is 0.159. The normalized spacial score (nSPS) is 18.3. The summed E-state index contributed by atoms with van der Waals surface area (Å²) < 4.78 is 49.9. The molecule has 1 aliphatic rings. The van der Waals surface area contributed by atoms with Crippen molar-refractivity contribution in [3.05, 3.63) is 94.4 Å². The van der Waals surface area contributed by atoms with Gasteiger partial charge in [0, 0.05) is 24.2 Å². The molecular weight excluding hydrogens is 570 g/mol. The van der Waals surface area contributed by atoms with Crippen molar-refractivity contribution >= 4 is 30.3 Å². The maximum Gasteiger partial charge on any atom is 0.339 e. The van der Waals surface area contributed by atoms with Crippen LogP contribution >= 0.6 is 0 Å². The zero-order valence-electron chi connectivity index (χ0n) is 25.6. The number of anilines is 1. The summed E-state index contributed by atoms with van der Waals surface area (Å²) >= 11 is 0. The van der Waals surface area contributed by atoms with Crippen LogP contribution in [0.1, 0.15) is 58.7 Å². The zero-order chi connectivity index (χ0) is 31.4. The molecule has 0 amide bonds. The fourth-order valence-corrected chi connectivity index (χ4v) is 10.6. The number of morpholine rings is 1. The predicted octanol–water partition coefficient (Wildman–Crippen LogP) is 6.03. The molecule has 0 spiro atoms. The fraction of sp³-hybridized carbons (Fsp3) is 0.424. The molecule has 3 aromatic rings. The van der Waals surface area contributed by atoms with E-state index >= 15 is 8.78 Å². The van der Waals surface area contributed by atoms with E-state index in [4.69, 9.17) is 13.9 Å². The maximum absolute atomic E-state index is 16.2. The molecule has 4 rings (SSSR count). The van der Waals surface area contributed by atoms with Crippen molar-refractivity contribution in [1.29, 1.82) is 0 Å². The van der Waals surface area contributed by atoms with E-state index < -0.39 is 37.5 Å². The van der Waals surface area contributed by atoms with Crippen molar-refractivity contribution in [1.82, 2.24) is 0 Å². The molecule has 0 bridgehead atoms. The molecule has 1 aliphatic heterocycles. The number of nitroso groups, excluding NO2 is 1. The second kappa shape index (κ2) is 13.4. The van der Waals surface area contributed by atoms with E-state index in [0.717, 1.165) is 10.4 Å². The molecule has 3 atom stereocenters. The van der Waals surface area contributed by atoms with Crippen LogP contribution in [0.15, 0.2) is 71.9 Å². The zero-order valence-corrected chi connectivity index (χ0v) is 26.6. The van der Waals surface area contributed by atoms with E-state index in [2.05, 4.69) is 25.9 Å². The van der Waals surface area contributed by atoms with Gasteiger partial charge in [-0.15, -0.1) is 4.91 Å². The minimum atomic E-state index is -3.09. The monoisotopic (exact) mass is 610 g/mol. The maximum atomic E-state index is 16.2. The summed E-state index contributed by atoms with van der Waals surface area (Å²) in [6.45, 7) is 12.2. The van der Waals surface area contributed by atoms with E-state index in [9.17, 15) is 9.70 Å². The highest BCUT2D eigenvalue weighted by Gasteiger charge is 2.50. The summed E-state index contributed by atoms with van der Waals surface area (Å²) in [6.07, 6.45) is -0.472. The molecule has 3 unspecified atom stereocenters. The van der Waals surface area contributed by atoms with Crippen molar-refractivity contribution in [2.45, 2.75) is 71.4 Å². The van der Waals surface area contributed by atoms with Crippen LogP contribution in [0.2, 0.25) is 5.04 Å². The Balaban J connectivity index is 1.92. The number of nitrogens with zero attached hydrogens (tertiary/aromatic N) is 2. The molecule has 43 heavy (non-hydrogen) atoms. The first-order valence-electron chi connectivity index (χ1n) is 14.6. The van der Waals surface area contributed by atoms with E-state index in [1.165, 1.54) is 6.07 Å². The van der Waals surface area contributed by atoms with E-state index in [-0.39, 0.29) is 36.1 Å². The van der Waals surface area contributed by atoms with E-state index in [0.29, 0.717) is 18.7 Å². The lowest BCUT2D eigenvalue weighted by atomic mass is 10.00. The Morgan fingerprint density at radius 3 is 2.00 bits per heavy atom. The van der Waals surface area contributed by atoms with Gasteiger partial charge in [0.05, 0.1) is 31.1 Å². The molecule has 1 saturated heterocycles. The van der Waals surface area contributed by atoms with Gasteiger partial charge < -0.3 is 18.8 Å². The third kappa shape index (κ3) is 6.56. The molecule has 7 nitrogen and oxygen atoms in total. The lowest BCUT2D eigenvalue weighted by Crippen LogP contribution is -2.66. The number of ether oxygens (including phenoxy) is 2. The smallest absolute Gasteiger partial charge is 0.339 e. The number of hydrogen-bond donors (Lipinski definition) is 0. The van der Waals surface area contributed by atoms with Crippen molar-refractivity contribution in [3.8, 4) is 0 Å². The van der Waals surface area contributed by atoms with Crippen LogP contribution in [-0.2, 0) is 25.3 Å². The number of carbonyl (C=O) groups is 1. The number of hydrogen-bond acceptors (Lipinski definition) is 7. The average Bonchev–Trinajstić information content (AvgIpc) is 2.96. The number of esters is 1. The lowest BCUT2D eigenvalue weighted by Gasteiger charge is -2.43. The van der Waals surface area contributed by atoms with Gasteiger partial charge in [-0.25, -0.2) is 13.6 Å².